The van der Waals surface area contributed by atoms with E-state index in [2.05, 4.69) is 22.8 Å². The molecule has 0 saturated carbocycles. The van der Waals surface area contributed by atoms with Crippen molar-refractivity contribution in [1.82, 2.24) is 10.2 Å². The molecule has 0 radical (unpaired) electrons. The van der Waals surface area contributed by atoms with Crippen molar-refractivity contribution in [2.75, 3.05) is 26.2 Å². The van der Waals surface area contributed by atoms with E-state index in [0.29, 0.717) is 0 Å². The highest BCUT2D eigenvalue weighted by molar-refractivity contribution is 7.98. The number of hydrogen-bond acceptors (Lipinski definition) is 4. The molecule has 3 rings (SSSR count). The van der Waals surface area contributed by atoms with E-state index in [0.717, 1.165) is 42.4 Å². The summed E-state index contributed by atoms with van der Waals surface area (Å²) in [6.07, 6.45) is 0. The first-order valence-electron chi connectivity index (χ1n) is 7.09. The van der Waals surface area contributed by atoms with Gasteiger partial charge >= 0.3 is 0 Å². The van der Waals surface area contributed by atoms with Gasteiger partial charge in [-0.05, 0) is 23.6 Å². The number of carbonyl (C=O) groups is 1. The molecule has 2 heterocycles. The van der Waals surface area contributed by atoms with Gasteiger partial charge in [-0.15, -0.1) is 23.1 Å². The van der Waals surface area contributed by atoms with Crippen LogP contribution in [0.4, 0.5) is 0 Å². The quantitative estimate of drug-likeness (QED) is 0.879. The molecule has 0 bridgehead atoms. The Morgan fingerprint density at radius 3 is 2.76 bits per heavy atom. The highest BCUT2D eigenvalue weighted by atomic mass is 32.2. The first-order chi connectivity index (χ1) is 10.3. The molecule has 1 aliphatic rings. The van der Waals surface area contributed by atoms with Crippen molar-refractivity contribution in [3.63, 3.8) is 0 Å². The van der Waals surface area contributed by atoms with E-state index in [4.69, 9.17) is 0 Å². The van der Waals surface area contributed by atoms with Gasteiger partial charge in [0.1, 0.15) is 0 Å². The van der Waals surface area contributed by atoms with Crippen molar-refractivity contribution in [1.29, 1.82) is 0 Å². The predicted molar refractivity (Wildman–Crippen MR) is 89.1 cm³/mol. The minimum Gasteiger partial charge on any atom is -0.336 e. The Morgan fingerprint density at radius 1 is 1.19 bits per heavy atom. The van der Waals surface area contributed by atoms with Gasteiger partial charge in [-0.3, -0.25) is 4.79 Å². The van der Waals surface area contributed by atoms with Crippen molar-refractivity contribution in [3.8, 4) is 0 Å². The number of thioether (sulfide) groups is 1. The van der Waals surface area contributed by atoms with Crippen LogP contribution in [0, 0.1) is 0 Å². The van der Waals surface area contributed by atoms with Crippen LogP contribution in [0.2, 0.25) is 0 Å². The SMILES string of the molecule is O=C(c1ccccc1SCc1cccs1)N1CCNCC1. The second-order valence-electron chi connectivity index (χ2n) is 4.91. The zero-order valence-corrected chi connectivity index (χ0v) is 13.4. The Labute approximate surface area is 133 Å². The molecule has 1 amide bonds. The fourth-order valence-electron chi connectivity index (χ4n) is 2.35. The number of rotatable bonds is 4. The number of nitrogens with zero attached hydrogens (tertiary/aromatic N) is 1. The number of hydrogen-bond donors (Lipinski definition) is 1. The van der Waals surface area contributed by atoms with Crippen molar-refractivity contribution in [3.05, 3.63) is 52.2 Å². The summed E-state index contributed by atoms with van der Waals surface area (Å²) in [5, 5.41) is 5.37. The number of thiophene rings is 1. The smallest absolute Gasteiger partial charge is 0.255 e. The molecule has 1 aromatic carbocycles. The molecular formula is C16H18N2OS2. The van der Waals surface area contributed by atoms with Crippen LogP contribution < -0.4 is 5.32 Å². The fraction of sp³-hybridized carbons (Fsp3) is 0.312. The lowest BCUT2D eigenvalue weighted by Gasteiger charge is -2.28. The molecule has 0 aliphatic carbocycles. The van der Waals surface area contributed by atoms with Crippen LogP contribution in [0.15, 0.2) is 46.7 Å². The first-order valence-corrected chi connectivity index (χ1v) is 8.95. The summed E-state index contributed by atoms with van der Waals surface area (Å²) in [5.41, 5.74) is 0.834. The summed E-state index contributed by atoms with van der Waals surface area (Å²) in [6.45, 7) is 3.36. The average molecular weight is 318 g/mol. The maximum Gasteiger partial charge on any atom is 0.255 e. The minimum atomic E-state index is 0.158. The van der Waals surface area contributed by atoms with E-state index in [1.165, 1.54) is 4.88 Å². The van der Waals surface area contributed by atoms with E-state index in [1.807, 2.05) is 29.2 Å². The van der Waals surface area contributed by atoms with Gasteiger partial charge in [0.25, 0.3) is 5.91 Å². The third-order valence-electron chi connectivity index (χ3n) is 3.47. The zero-order chi connectivity index (χ0) is 14.5. The lowest BCUT2D eigenvalue weighted by molar-refractivity contribution is 0.0732. The molecule has 1 fully saturated rings. The Hall–Kier alpha value is -1.30. The van der Waals surface area contributed by atoms with Gasteiger partial charge in [-0.2, -0.15) is 0 Å². The van der Waals surface area contributed by atoms with Crippen molar-refractivity contribution < 1.29 is 4.79 Å². The lowest BCUT2D eigenvalue weighted by Crippen LogP contribution is -2.46. The third kappa shape index (κ3) is 3.67. The van der Waals surface area contributed by atoms with E-state index >= 15 is 0 Å². The summed E-state index contributed by atoms with van der Waals surface area (Å²) in [4.78, 5) is 17.0. The highest BCUT2D eigenvalue weighted by Gasteiger charge is 2.20. The Bertz CT molecular complexity index is 592. The number of amides is 1. The molecular weight excluding hydrogens is 300 g/mol. The van der Waals surface area contributed by atoms with Gasteiger partial charge in [-0.1, -0.05) is 18.2 Å². The van der Waals surface area contributed by atoms with Crippen LogP contribution in [0.5, 0.6) is 0 Å². The topological polar surface area (TPSA) is 32.3 Å². The summed E-state index contributed by atoms with van der Waals surface area (Å²) < 4.78 is 0. The van der Waals surface area contributed by atoms with E-state index < -0.39 is 0 Å². The monoisotopic (exact) mass is 318 g/mol. The van der Waals surface area contributed by atoms with Crippen LogP contribution in [0.25, 0.3) is 0 Å². The van der Waals surface area contributed by atoms with Crippen LogP contribution in [-0.2, 0) is 5.75 Å². The molecule has 110 valence electrons. The number of nitrogens with one attached hydrogen (secondary N) is 1. The molecule has 0 atom stereocenters. The normalized spacial score (nSPS) is 15.1. The maximum absolute atomic E-state index is 12.7. The van der Waals surface area contributed by atoms with Crippen molar-refractivity contribution in [2.24, 2.45) is 0 Å². The second kappa shape index (κ2) is 7.11. The first kappa shape index (κ1) is 14.6. The van der Waals surface area contributed by atoms with Gasteiger partial charge in [0.15, 0.2) is 0 Å². The third-order valence-corrected chi connectivity index (χ3v) is 5.65. The Morgan fingerprint density at radius 2 is 2.00 bits per heavy atom. The Balaban J connectivity index is 1.73. The maximum atomic E-state index is 12.7. The molecule has 1 saturated heterocycles. The van der Waals surface area contributed by atoms with Crippen LogP contribution in [-0.4, -0.2) is 37.0 Å². The molecule has 1 aromatic heterocycles. The Kier molecular flexibility index (Phi) is 4.95. The van der Waals surface area contributed by atoms with Crippen LogP contribution in [0.3, 0.4) is 0 Å². The van der Waals surface area contributed by atoms with Gasteiger partial charge in [0, 0.05) is 41.7 Å². The largest absolute Gasteiger partial charge is 0.336 e. The summed E-state index contributed by atoms with van der Waals surface area (Å²) in [5.74, 6) is 1.08. The predicted octanol–water partition coefficient (Wildman–Crippen LogP) is 3.09. The van der Waals surface area contributed by atoms with Gasteiger partial charge in [0.2, 0.25) is 0 Å². The minimum absolute atomic E-state index is 0.158. The molecule has 1 aliphatic heterocycles. The zero-order valence-electron chi connectivity index (χ0n) is 11.7. The van der Waals surface area contributed by atoms with Gasteiger partial charge < -0.3 is 10.2 Å². The second-order valence-corrected chi connectivity index (χ2v) is 6.96. The molecule has 5 heteroatoms. The lowest BCUT2D eigenvalue weighted by atomic mass is 10.2. The highest BCUT2D eigenvalue weighted by Crippen LogP contribution is 2.28. The molecule has 21 heavy (non-hydrogen) atoms. The number of piperazine rings is 1. The van der Waals surface area contributed by atoms with Crippen LogP contribution >= 0.6 is 23.1 Å². The number of carbonyl (C=O) groups excluding carboxylic acids is 1. The van der Waals surface area contributed by atoms with Gasteiger partial charge in [0.05, 0.1) is 5.56 Å². The molecule has 0 spiro atoms. The van der Waals surface area contributed by atoms with Crippen molar-refractivity contribution in [2.45, 2.75) is 10.6 Å². The molecule has 0 unspecified atom stereocenters. The standard InChI is InChI=1S/C16H18N2OS2/c19-16(18-9-7-17-8-10-18)14-5-1-2-6-15(14)21-12-13-4-3-11-20-13/h1-6,11,17H,7-10,12H2. The summed E-state index contributed by atoms with van der Waals surface area (Å²) >= 11 is 3.50. The fourth-order valence-corrected chi connectivity index (χ4v) is 4.17. The van der Waals surface area contributed by atoms with Crippen molar-refractivity contribution >= 4 is 29.0 Å². The summed E-state index contributed by atoms with van der Waals surface area (Å²) in [7, 11) is 0. The van der Waals surface area contributed by atoms with E-state index in [9.17, 15) is 4.79 Å². The van der Waals surface area contributed by atoms with Crippen LogP contribution in [0.1, 0.15) is 15.2 Å². The molecule has 1 N–H and O–H groups in total. The average Bonchev–Trinajstić information content (AvgIpc) is 3.07. The number of benzene rings is 1. The molecule has 2 aromatic rings. The summed E-state index contributed by atoms with van der Waals surface area (Å²) in [6, 6.07) is 12.2. The molecule has 3 nitrogen and oxygen atoms in total. The van der Waals surface area contributed by atoms with E-state index in [-0.39, 0.29) is 5.91 Å². The van der Waals surface area contributed by atoms with Gasteiger partial charge in [-0.25, -0.2) is 0 Å². The van der Waals surface area contributed by atoms with E-state index in [1.54, 1.807) is 23.1 Å².